The summed E-state index contributed by atoms with van der Waals surface area (Å²) in [6.07, 6.45) is 2.53. The number of hydrogen-bond donors (Lipinski definition) is 0. The molecule has 0 N–H and O–H groups in total. The number of nitrogens with zero attached hydrogens (tertiary/aromatic N) is 2. The topological polar surface area (TPSA) is 65.3 Å². The van der Waals surface area contributed by atoms with Crippen LogP contribution in [0.5, 0.6) is 11.5 Å². The third kappa shape index (κ3) is 3.23. The summed E-state index contributed by atoms with van der Waals surface area (Å²) in [6, 6.07) is 4.99. The van der Waals surface area contributed by atoms with Gasteiger partial charge in [-0.1, -0.05) is 27.5 Å². The normalized spacial score (nSPS) is 10.3. The van der Waals surface area contributed by atoms with Crippen LogP contribution in [0.2, 0.25) is 5.02 Å². The first-order valence-corrected chi connectivity index (χ1v) is 6.86. The van der Waals surface area contributed by atoms with Crippen molar-refractivity contribution in [3.05, 3.63) is 54.7 Å². The number of benzene rings is 1. The molecule has 0 aliphatic carbocycles. The summed E-state index contributed by atoms with van der Waals surface area (Å²) in [5, 5.41) is 11.3. The molecule has 0 bridgehead atoms. The summed E-state index contributed by atoms with van der Waals surface area (Å²) >= 11 is 12.4. The van der Waals surface area contributed by atoms with Gasteiger partial charge in [-0.2, -0.15) is 0 Å². The van der Waals surface area contributed by atoms with Crippen LogP contribution in [-0.2, 0) is 0 Å². The molecular weight excluding hydrogens is 403 g/mol. The van der Waals surface area contributed by atoms with Gasteiger partial charge in [0.1, 0.15) is 11.9 Å². The molecule has 8 heteroatoms. The van der Waals surface area contributed by atoms with Crippen molar-refractivity contribution in [2.24, 2.45) is 0 Å². The summed E-state index contributed by atoms with van der Waals surface area (Å²) in [6.45, 7) is 0. The van der Waals surface area contributed by atoms with Gasteiger partial charge in [-0.25, -0.2) is 0 Å². The Morgan fingerprint density at radius 1 is 1.32 bits per heavy atom. The minimum absolute atomic E-state index is 0.0556. The third-order valence-electron chi connectivity index (χ3n) is 2.14. The van der Waals surface area contributed by atoms with E-state index < -0.39 is 4.92 Å². The Kier molecular flexibility index (Phi) is 4.38. The van der Waals surface area contributed by atoms with E-state index in [1.165, 1.54) is 6.20 Å². The molecule has 0 aliphatic rings. The lowest BCUT2D eigenvalue weighted by Gasteiger charge is -2.09. The highest BCUT2D eigenvalue weighted by Gasteiger charge is 2.20. The van der Waals surface area contributed by atoms with Crippen LogP contribution in [0.15, 0.2) is 39.5 Å². The van der Waals surface area contributed by atoms with Crippen molar-refractivity contribution in [1.29, 1.82) is 0 Å². The summed E-state index contributed by atoms with van der Waals surface area (Å²) in [5.41, 5.74) is -0.245. The highest BCUT2D eigenvalue weighted by atomic mass is 79.9. The molecule has 5 nitrogen and oxygen atoms in total. The van der Waals surface area contributed by atoms with E-state index in [9.17, 15) is 10.1 Å². The zero-order valence-corrected chi connectivity index (χ0v) is 13.1. The van der Waals surface area contributed by atoms with Crippen molar-refractivity contribution in [2.75, 3.05) is 0 Å². The molecular formula is C11H5Br2ClN2O3. The van der Waals surface area contributed by atoms with Crippen molar-refractivity contribution in [1.82, 2.24) is 4.98 Å². The van der Waals surface area contributed by atoms with Crippen LogP contribution in [0.4, 0.5) is 5.69 Å². The molecule has 2 aromatic rings. The van der Waals surface area contributed by atoms with Crippen molar-refractivity contribution in [2.45, 2.75) is 0 Å². The number of pyridine rings is 1. The second-order valence-electron chi connectivity index (χ2n) is 3.40. The number of rotatable bonds is 3. The molecule has 0 aliphatic heterocycles. The molecule has 1 heterocycles. The third-order valence-corrected chi connectivity index (χ3v) is 3.51. The molecule has 19 heavy (non-hydrogen) atoms. The lowest BCUT2D eigenvalue weighted by atomic mass is 10.3. The van der Waals surface area contributed by atoms with Gasteiger partial charge < -0.3 is 4.74 Å². The van der Waals surface area contributed by atoms with Crippen molar-refractivity contribution >= 4 is 49.1 Å². The molecule has 0 atom stereocenters. The molecule has 0 saturated heterocycles. The van der Waals surface area contributed by atoms with E-state index in [4.69, 9.17) is 16.3 Å². The van der Waals surface area contributed by atoms with Gasteiger partial charge in [-0.15, -0.1) is 0 Å². The molecule has 0 spiro atoms. The maximum absolute atomic E-state index is 10.9. The first-order chi connectivity index (χ1) is 8.99. The summed E-state index contributed by atoms with van der Waals surface area (Å²) in [4.78, 5) is 14.1. The van der Waals surface area contributed by atoms with Gasteiger partial charge in [-0.05, 0) is 34.1 Å². The average molecular weight is 408 g/mol. The van der Waals surface area contributed by atoms with Gasteiger partial charge in [0, 0.05) is 10.7 Å². The molecule has 0 saturated carbocycles. The Morgan fingerprint density at radius 3 is 2.74 bits per heavy atom. The molecule has 1 aromatic carbocycles. The first-order valence-electron chi connectivity index (χ1n) is 4.90. The number of ether oxygens (including phenoxy) is 1. The van der Waals surface area contributed by atoms with Crippen LogP contribution in [0.1, 0.15) is 0 Å². The molecule has 0 unspecified atom stereocenters. The maximum Gasteiger partial charge on any atom is 0.330 e. The minimum atomic E-state index is -0.570. The fraction of sp³-hybridized carbons (Fsp3) is 0. The van der Waals surface area contributed by atoms with E-state index in [0.29, 0.717) is 15.2 Å². The van der Waals surface area contributed by atoms with Crippen LogP contribution < -0.4 is 4.74 Å². The molecule has 1 aromatic heterocycles. The zero-order chi connectivity index (χ0) is 14.0. The smallest absolute Gasteiger partial charge is 0.330 e. The highest BCUT2D eigenvalue weighted by Crippen LogP contribution is 2.40. The SMILES string of the molecule is O=[N+]([O-])c1cncc(Br)c1Oc1cc(Br)ccc1Cl. The second-order valence-corrected chi connectivity index (χ2v) is 5.58. The van der Waals surface area contributed by atoms with E-state index in [0.717, 1.165) is 10.7 Å². The molecule has 0 amide bonds. The van der Waals surface area contributed by atoms with Crippen LogP contribution in [0.3, 0.4) is 0 Å². The highest BCUT2D eigenvalue weighted by molar-refractivity contribution is 9.10. The Morgan fingerprint density at radius 2 is 2.05 bits per heavy atom. The van der Waals surface area contributed by atoms with E-state index in [1.54, 1.807) is 18.2 Å². The van der Waals surface area contributed by atoms with Crippen LogP contribution in [0.25, 0.3) is 0 Å². The van der Waals surface area contributed by atoms with Gasteiger partial charge >= 0.3 is 5.69 Å². The summed E-state index contributed by atoms with van der Waals surface area (Å²) in [7, 11) is 0. The van der Waals surface area contributed by atoms with E-state index >= 15 is 0 Å². The standard InChI is InChI=1S/C11H5Br2ClN2O3/c12-6-1-2-8(14)10(3-6)19-11-7(13)4-15-5-9(11)16(17)18/h1-5H. The monoisotopic (exact) mass is 406 g/mol. The Labute approximate surface area is 130 Å². The number of nitro groups is 1. The van der Waals surface area contributed by atoms with Gasteiger partial charge in [0.25, 0.3) is 0 Å². The summed E-state index contributed by atoms with van der Waals surface area (Å²) in [5.74, 6) is 0.367. The molecule has 0 fully saturated rings. The lowest BCUT2D eigenvalue weighted by molar-refractivity contribution is -0.386. The van der Waals surface area contributed by atoms with Gasteiger partial charge in [0.05, 0.1) is 14.4 Å². The number of hydrogen-bond acceptors (Lipinski definition) is 4. The van der Waals surface area contributed by atoms with Gasteiger partial charge in [-0.3, -0.25) is 15.1 Å². The van der Waals surface area contributed by atoms with Crippen LogP contribution in [0, 0.1) is 10.1 Å². The summed E-state index contributed by atoms with van der Waals surface area (Å²) < 4.78 is 6.65. The lowest BCUT2D eigenvalue weighted by Crippen LogP contribution is -1.96. The van der Waals surface area contributed by atoms with E-state index in [-0.39, 0.29) is 11.4 Å². The van der Waals surface area contributed by atoms with Gasteiger partial charge in [0.15, 0.2) is 0 Å². The molecule has 0 radical (unpaired) electrons. The average Bonchev–Trinajstić information content (AvgIpc) is 2.35. The number of aromatic nitrogens is 1. The minimum Gasteiger partial charge on any atom is -0.447 e. The maximum atomic E-state index is 10.9. The Balaban J connectivity index is 2.49. The zero-order valence-electron chi connectivity index (χ0n) is 9.14. The predicted molar refractivity (Wildman–Crippen MR) is 77.8 cm³/mol. The van der Waals surface area contributed by atoms with Crippen molar-refractivity contribution in [3.8, 4) is 11.5 Å². The second kappa shape index (κ2) is 5.85. The Bertz CT molecular complexity index is 652. The quantitative estimate of drug-likeness (QED) is 0.532. The van der Waals surface area contributed by atoms with Crippen molar-refractivity contribution < 1.29 is 9.66 Å². The molecule has 98 valence electrons. The fourth-order valence-electron chi connectivity index (χ4n) is 1.31. The number of halogens is 3. The van der Waals surface area contributed by atoms with E-state index in [2.05, 4.69) is 36.8 Å². The largest absolute Gasteiger partial charge is 0.447 e. The Hall–Kier alpha value is -1.18. The van der Waals surface area contributed by atoms with Crippen LogP contribution in [-0.4, -0.2) is 9.91 Å². The van der Waals surface area contributed by atoms with Crippen molar-refractivity contribution in [3.63, 3.8) is 0 Å². The predicted octanol–water partition coefficient (Wildman–Crippen LogP) is 4.96. The molecule has 2 rings (SSSR count). The van der Waals surface area contributed by atoms with Gasteiger partial charge in [0.2, 0.25) is 5.75 Å². The van der Waals surface area contributed by atoms with E-state index in [1.807, 2.05) is 0 Å². The first kappa shape index (κ1) is 14.2. The fourth-order valence-corrected chi connectivity index (χ4v) is 2.21. The van der Waals surface area contributed by atoms with Crippen LogP contribution >= 0.6 is 43.5 Å².